The molecule has 1 aromatic heterocycles. The predicted molar refractivity (Wildman–Crippen MR) is 81.8 cm³/mol. The second-order valence-electron chi connectivity index (χ2n) is 5.38. The molecule has 3 rings (SSSR count). The Hall–Kier alpha value is -2.19. The van der Waals surface area contributed by atoms with Gasteiger partial charge >= 0.3 is 0 Å². The molecule has 1 aliphatic heterocycles. The number of aryl methyl sites for hydroxylation is 1. The van der Waals surface area contributed by atoms with Crippen LogP contribution in [-0.2, 0) is 23.1 Å². The first kappa shape index (κ1) is 14.7. The summed E-state index contributed by atoms with van der Waals surface area (Å²) >= 11 is 0. The second-order valence-corrected chi connectivity index (χ2v) is 7.37. The summed E-state index contributed by atoms with van der Waals surface area (Å²) in [7, 11) is -3.27. The number of H-pyrrole nitrogens is 1. The zero-order valence-corrected chi connectivity index (χ0v) is 13.1. The first-order valence-electron chi connectivity index (χ1n) is 6.74. The fourth-order valence-corrected chi connectivity index (χ4v) is 3.14. The van der Waals surface area contributed by atoms with Crippen molar-refractivity contribution in [2.45, 2.75) is 20.0 Å². The van der Waals surface area contributed by atoms with Crippen LogP contribution < -0.4 is 5.32 Å². The Morgan fingerprint density at radius 1 is 1.36 bits per heavy atom. The van der Waals surface area contributed by atoms with E-state index >= 15 is 0 Å². The van der Waals surface area contributed by atoms with Crippen molar-refractivity contribution < 1.29 is 13.2 Å². The van der Waals surface area contributed by atoms with Crippen LogP contribution >= 0.6 is 0 Å². The van der Waals surface area contributed by atoms with E-state index in [0.717, 1.165) is 11.8 Å². The molecular weight excluding hydrogens is 304 g/mol. The van der Waals surface area contributed by atoms with Crippen molar-refractivity contribution >= 4 is 21.7 Å². The summed E-state index contributed by atoms with van der Waals surface area (Å²) in [5, 5.41) is 9.58. The van der Waals surface area contributed by atoms with Gasteiger partial charge in [-0.05, 0) is 19.1 Å². The molecule has 0 aliphatic carbocycles. The molecule has 1 aromatic carbocycles. The van der Waals surface area contributed by atoms with E-state index in [4.69, 9.17) is 0 Å². The molecule has 0 saturated heterocycles. The highest BCUT2D eigenvalue weighted by Gasteiger charge is 2.30. The molecule has 0 saturated carbocycles. The van der Waals surface area contributed by atoms with Crippen LogP contribution in [0.3, 0.4) is 0 Å². The average molecular weight is 320 g/mol. The maximum Gasteiger partial charge on any atom is 0.256 e. The van der Waals surface area contributed by atoms with Gasteiger partial charge in [-0.25, -0.2) is 8.42 Å². The third-order valence-corrected chi connectivity index (χ3v) is 4.80. The summed E-state index contributed by atoms with van der Waals surface area (Å²) in [6.45, 7) is 2.38. The van der Waals surface area contributed by atoms with E-state index in [-0.39, 0.29) is 19.0 Å². The minimum atomic E-state index is -3.27. The second kappa shape index (κ2) is 5.22. The SMILES string of the molecule is Cc1cccc(C(=O)Nc2n[nH]c3c2CN(S(C)(=O)=O)C3)c1. The first-order chi connectivity index (χ1) is 10.3. The molecule has 1 aliphatic rings. The fraction of sp³-hybridized carbons (Fsp3) is 0.286. The van der Waals surface area contributed by atoms with Crippen molar-refractivity contribution in [3.8, 4) is 0 Å². The summed E-state index contributed by atoms with van der Waals surface area (Å²) in [6, 6.07) is 7.22. The minimum Gasteiger partial charge on any atom is -0.305 e. The summed E-state index contributed by atoms with van der Waals surface area (Å²) in [5.41, 5.74) is 2.95. The molecule has 8 heteroatoms. The number of sulfonamides is 1. The highest BCUT2D eigenvalue weighted by atomic mass is 32.2. The fourth-order valence-electron chi connectivity index (χ4n) is 2.41. The van der Waals surface area contributed by atoms with Crippen molar-refractivity contribution in [2.75, 3.05) is 11.6 Å². The molecular formula is C14H16N4O3S. The van der Waals surface area contributed by atoms with Crippen molar-refractivity contribution in [1.82, 2.24) is 14.5 Å². The van der Waals surface area contributed by atoms with Crippen molar-refractivity contribution in [3.05, 3.63) is 46.6 Å². The Morgan fingerprint density at radius 3 is 2.82 bits per heavy atom. The number of fused-ring (bicyclic) bond motifs is 1. The Bertz CT molecular complexity index is 842. The van der Waals surface area contributed by atoms with Crippen molar-refractivity contribution in [3.63, 3.8) is 0 Å². The molecule has 0 spiro atoms. The molecule has 2 N–H and O–H groups in total. The lowest BCUT2D eigenvalue weighted by atomic mass is 10.1. The molecule has 0 radical (unpaired) electrons. The van der Waals surface area contributed by atoms with E-state index in [1.807, 2.05) is 19.1 Å². The quantitative estimate of drug-likeness (QED) is 0.889. The zero-order chi connectivity index (χ0) is 15.9. The number of hydrogen-bond donors (Lipinski definition) is 2. The molecule has 1 amide bonds. The maximum atomic E-state index is 12.2. The summed E-state index contributed by atoms with van der Waals surface area (Å²) in [5.74, 6) is 0.114. The van der Waals surface area contributed by atoms with Gasteiger partial charge in [-0.3, -0.25) is 9.89 Å². The Balaban J connectivity index is 1.81. The van der Waals surface area contributed by atoms with Crippen LogP contribution in [-0.4, -0.2) is 35.1 Å². The van der Waals surface area contributed by atoms with E-state index in [2.05, 4.69) is 15.5 Å². The van der Waals surface area contributed by atoms with Gasteiger partial charge < -0.3 is 5.32 Å². The summed E-state index contributed by atoms with van der Waals surface area (Å²) in [4.78, 5) is 12.2. The van der Waals surface area contributed by atoms with Gasteiger partial charge in [0.1, 0.15) is 0 Å². The average Bonchev–Trinajstić information content (AvgIpc) is 3.00. The molecule has 0 bridgehead atoms. The number of amides is 1. The Morgan fingerprint density at radius 2 is 2.14 bits per heavy atom. The Kier molecular flexibility index (Phi) is 3.50. The highest BCUT2D eigenvalue weighted by Crippen LogP contribution is 2.28. The van der Waals surface area contributed by atoms with E-state index in [1.165, 1.54) is 4.31 Å². The van der Waals surface area contributed by atoms with Gasteiger partial charge in [-0.2, -0.15) is 9.40 Å². The Labute approximate surface area is 128 Å². The standard InChI is InChI=1S/C14H16N4O3S/c1-9-4-3-5-10(6-9)14(19)15-13-11-7-18(22(2,20)21)8-12(11)16-17-13/h3-6H,7-8H2,1-2H3,(H2,15,16,17,19). The molecule has 2 heterocycles. The van der Waals surface area contributed by atoms with Gasteiger partial charge in [0.2, 0.25) is 10.0 Å². The number of nitrogens with one attached hydrogen (secondary N) is 2. The number of benzene rings is 1. The van der Waals surface area contributed by atoms with E-state index in [0.29, 0.717) is 22.6 Å². The molecule has 0 unspecified atom stereocenters. The van der Waals surface area contributed by atoms with Crippen LogP contribution in [0.25, 0.3) is 0 Å². The number of aromatic amines is 1. The zero-order valence-electron chi connectivity index (χ0n) is 12.3. The van der Waals surface area contributed by atoms with Gasteiger partial charge in [0.15, 0.2) is 5.82 Å². The normalized spacial score (nSPS) is 14.8. The lowest BCUT2D eigenvalue weighted by Crippen LogP contribution is -2.24. The highest BCUT2D eigenvalue weighted by molar-refractivity contribution is 7.88. The van der Waals surface area contributed by atoms with Crippen molar-refractivity contribution in [2.24, 2.45) is 0 Å². The van der Waals surface area contributed by atoms with Gasteiger partial charge in [-0.1, -0.05) is 17.7 Å². The number of carbonyl (C=O) groups excluding carboxylic acids is 1. The largest absolute Gasteiger partial charge is 0.305 e. The van der Waals surface area contributed by atoms with Gasteiger partial charge in [0.25, 0.3) is 5.91 Å². The topological polar surface area (TPSA) is 95.2 Å². The number of hydrogen-bond acceptors (Lipinski definition) is 4. The number of nitrogens with zero attached hydrogens (tertiary/aromatic N) is 2. The third-order valence-electron chi connectivity index (χ3n) is 3.60. The predicted octanol–water partition coefficient (Wildman–Crippen LogP) is 1.25. The van der Waals surface area contributed by atoms with Crippen LogP contribution in [0.4, 0.5) is 5.82 Å². The monoisotopic (exact) mass is 320 g/mol. The lowest BCUT2D eigenvalue weighted by Gasteiger charge is -2.11. The van der Waals surface area contributed by atoms with Crippen LogP contribution in [0.5, 0.6) is 0 Å². The van der Waals surface area contributed by atoms with Crippen LogP contribution in [0, 0.1) is 6.92 Å². The number of carbonyl (C=O) groups is 1. The number of aromatic nitrogens is 2. The molecule has 22 heavy (non-hydrogen) atoms. The third kappa shape index (κ3) is 2.75. The molecule has 0 fully saturated rings. The number of rotatable bonds is 3. The molecule has 7 nitrogen and oxygen atoms in total. The van der Waals surface area contributed by atoms with Gasteiger partial charge in [0.05, 0.1) is 18.5 Å². The minimum absolute atomic E-state index is 0.216. The van der Waals surface area contributed by atoms with Crippen LogP contribution in [0.1, 0.15) is 27.2 Å². The van der Waals surface area contributed by atoms with Gasteiger partial charge in [0, 0.05) is 17.7 Å². The maximum absolute atomic E-state index is 12.2. The van der Waals surface area contributed by atoms with Crippen molar-refractivity contribution in [1.29, 1.82) is 0 Å². The number of anilines is 1. The van der Waals surface area contributed by atoms with Crippen LogP contribution in [0.2, 0.25) is 0 Å². The summed E-state index contributed by atoms with van der Waals surface area (Å²) in [6.07, 6.45) is 1.16. The van der Waals surface area contributed by atoms with Gasteiger partial charge in [-0.15, -0.1) is 0 Å². The molecule has 2 aromatic rings. The van der Waals surface area contributed by atoms with E-state index in [1.54, 1.807) is 12.1 Å². The molecule has 0 atom stereocenters. The van der Waals surface area contributed by atoms with E-state index in [9.17, 15) is 13.2 Å². The van der Waals surface area contributed by atoms with E-state index < -0.39 is 10.0 Å². The summed E-state index contributed by atoms with van der Waals surface area (Å²) < 4.78 is 24.5. The van der Waals surface area contributed by atoms with Crippen LogP contribution in [0.15, 0.2) is 24.3 Å². The smallest absolute Gasteiger partial charge is 0.256 e. The lowest BCUT2D eigenvalue weighted by molar-refractivity contribution is 0.102. The molecule has 116 valence electrons. The first-order valence-corrected chi connectivity index (χ1v) is 8.58.